The van der Waals surface area contributed by atoms with Crippen molar-refractivity contribution in [3.8, 4) is 6.07 Å². The molecule has 1 N–H and O–H groups in total. The molecule has 0 aliphatic heterocycles. The maximum Gasteiger partial charge on any atom is 0.140 e. The van der Waals surface area contributed by atoms with Crippen molar-refractivity contribution >= 4 is 17.3 Å². The molecule has 96 valence electrons. The second-order valence-corrected chi connectivity index (χ2v) is 4.43. The van der Waals surface area contributed by atoms with Gasteiger partial charge in [-0.3, -0.25) is 0 Å². The molecule has 1 heterocycles. The van der Waals surface area contributed by atoms with Crippen molar-refractivity contribution < 1.29 is 4.39 Å². The van der Waals surface area contributed by atoms with Gasteiger partial charge in [-0.25, -0.2) is 9.37 Å². The molecule has 0 aliphatic rings. The Bertz CT molecular complexity index is 650. The molecule has 1 aromatic carbocycles. The molecule has 0 amide bonds. The smallest absolute Gasteiger partial charge is 0.140 e. The number of anilines is 1. The Balaban J connectivity index is 2.13. The molecule has 0 saturated carbocycles. The second kappa shape index (κ2) is 5.68. The average Bonchev–Trinajstić information content (AvgIpc) is 2.39. The molecular weight excluding hydrogens is 265 g/mol. The number of hydrogen-bond acceptors (Lipinski definition) is 3. The fraction of sp³-hybridized carbons (Fsp3) is 0.143. The lowest BCUT2D eigenvalue weighted by Gasteiger charge is -2.09. The predicted molar refractivity (Wildman–Crippen MR) is 72.4 cm³/mol. The fourth-order valence-corrected chi connectivity index (χ4v) is 1.87. The van der Waals surface area contributed by atoms with Crippen molar-refractivity contribution in [2.45, 2.75) is 13.5 Å². The van der Waals surface area contributed by atoms with E-state index in [4.69, 9.17) is 16.9 Å². The largest absolute Gasteiger partial charge is 0.379 e. The van der Waals surface area contributed by atoms with Crippen LogP contribution in [0.4, 0.5) is 10.1 Å². The molecule has 0 spiro atoms. The third kappa shape index (κ3) is 3.21. The van der Waals surface area contributed by atoms with E-state index < -0.39 is 5.82 Å². The van der Waals surface area contributed by atoms with Gasteiger partial charge in [-0.1, -0.05) is 17.7 Å². The number of nitriles is 1. The Morgan fingerprint density at radius 3 is 2.84 bits per heavy atom. The van der Waals surface area contributed by atoms with Crippen molar-refractivity contribution in [2.75, 3.05) is 5.32 Å². The first kappa shape index (κ1) is 13.3. The summed E-state index contributed by atoms with van der Waals surface area (Å²) >= 11 is 5.77. The average molecular weight is 276 g/mol. The summed E-state index contributed by atoms with van der Waals surface area (Å²) in [7, 11) is 0. The van der Waals surface area contributed by atoms with Gasteiger partial charge in [0, 0.05) is 6.54 Å². The van der Waals surface area contributed by atoms with Gasteiger partial charge in [0.1, 0.15) is 17.0 Å². The zero-order valence-electron chi connectivity index (χ0n) is 10.2. The Kier molecular flexibility index (Phi) is 3.98. The van der Waals surface area contributed by atoms with Crippen LogP contribution in [-0.2, 0) is 6.54 Å². The Morgan fingerprint density at radius 2 is 2.16 bits per heavy atom. The highest BCUT2D eigenvalue weighted by Crippen LogP contribution is 2.17. The Labute approximate surface area is 115 Å². The molecule has 3 nitrogen and oxygen atoms in total. The molecular formula is C14H11ClFN3. The first-order chi connectivity index (χ1) is 9.10. The standard InChI is InChI=1S/C14H11ClFN3/c1-9-13(4-5-14(15)19-9)18-8-10-2-3-12(16)11(6-10)7-17/h2-6,18H,8H2,1H3. The first-order valence-corrected chi connectivity index (χ1v) is 6.03. The van der Waals surface area contributed by atoms with Gasteiger partial charge < -0.3 is 5.32 Å². The second-order valence-electron chi connectivity index (χ2n) is 4.05. The van der Waals surface area contributed by atoms with E-state index in [9.17, 15) is 4.39 Å². The number of aryl methyl sites for hydroxylation is 1. The third-order valence-electron chi connectivity index (χ3n) is 2.69. The summed E-state index contributed by atoms with van der Waals surface area (Å²) in [6, 6.07) is 9.81. The van der Waals surface area contributed by atoms with E-state index in [2.05, 4.69) is 10.3 Å². The van der Waals surface area contributed by atoms with E-state index in [1.54, 1.807) is 12.1 Å². The van der Waals surface area contributed by atoms with Gasteiger partial charge in [-0.2, -0.15) is 5.26 Å². The fourth-order valence-electron chi connectivity index (χ4n) is 1.68. The van der Waals surface area contributed by atoms with Gasteiger partial charge >= 0.3 is 0 Å². The van der Waals surface area contributed by atoms with Crippen LogP contribution in [0.2, 0.25) is 5.15 Å². The predicted octanol–water partition coefficient (Wildman–Crippen LogP) is 3.67. The summed E-state index contributed by atoms with van der Waals surface area (Å²) in [5.74, 6) is -0.504. The summed E-state index contributed by atoms with van der Waals surface area (Å²) in [5, 5.41) is 12.4. The van der Waals surface area contributed by atoms with Crippen molar-refractivity contribution in [3.63, 3.8) is 0 Å². The zero-order chi connectivity index (χ0) is 13.8. The van der Waals surface area contributed by atoms with Crippen LogP contribution in [0.25, 0.3) is 0 Å². The monoisotopic (exact) mass is 275 g/mol. The minimum Gasteiger partial charge on any atom is -0.379 e. The summed E-state index contributed by atoms with van der Waals surface area (Å²) < 4.78 is 13.2. The quantitative estimate of drug-likeness (QED) is 0.870. The van der Waals surface area contributed by atoms with Crippen LogP contribution in [0.15, 0.2) is 30.3 Å². The SMILES string of the molecule is Cc1nc(Cl)ccc1NCc1ccc(F)c(C#N)c1. The van der Waals surface area contributed by atoms with E-state index >= 15 is 0 Å². The van der Waals surface area contributed by atoms with Crippen LogP contribution >= 0.6 is 11.6 Å². The minimum atomic E-state index is -0.504. The lowest BCUT2D eigenvalue weighted by molar-refractivity contribution is 0.623. The molecule has 0 radical (unpaired) electrons. The molecule has 5 heteroatoms. The molecule has 2 rings (SSSR count). The zero-order valence-corrected chi connectivity index (χ0v) is 11.0. The van der Waals surface area contributed by atoms with Gasteiger partial charge in [0.2, 0.25) is 0 Å². The van der Waals surface area contributed by atoms with Crippen LogP contribution in [0.5, 0.6) is 0 Å². The summed E-state index contributed by atoms with van der Waals surface area (Å²) in [6.45, 7) is 2.33. The summed E-state index contributed by atoms with van der Waals surface area (Å²) in [5.41, 5.74) is 2.51. The number of pyridine rings is 1. The molecule has 0 bridgehead atoms. The summed E-state index contributed by atoms with van der Waals surface area (Å²) in [6.07, 6.45) is 0. The van der Waals surface area contributed by atoms with Crippen molar-refractivity contribution in [1.82, 2.24) is 4.98 Å². The first-order valence-electron chi connectivity index (χ1n) is 5.65. The number of nitrogens with one attached hydrogen (secondary N) is 1. The molecule has 0 fully saturated rings. The maximum absolute atomic E-state index is 13.2. The van der Waals surface area contributed by atoms with Crippen LogP contribution in [-0.4, -0.2) is 4.98 Å². The topological polar surface area (TPSA) is 48.7 Å². The van der Waals surface area contributed by atoms with Gasteiger partial charge in [0.05, 0.1) is 16.9 Å². The number of aromatic nitrogens is 1. The number of rotatable bonds is 3. The molecule has 0 atom stereocenters. The summed E-state index contributed by atoms with van der Waals surface area (Å²) in [4.78, 5) is 4.12. The molecule has 19 heavy (non-hydrogen) atoms. The molecule has 0 saturated heterocycles. The van der Waals surface area contributed by atoms with E-state index in [1.165, 1.54) is 12.1 Å². The van der Waals surface area contributed by atoms with Crippen LogP contribution in [0.1, 0.15) is 16.8 Å². The highest BCUT2D eigenvalue weighted by molar-refractivity contribution is 6.29. The van der Waals surface area contributed by atoms with E-state index in [0.717, 1.165) is 16.9 Å². The molecule has 0 aliphatic carbocycles. The highest BCUT2D eigenvalue weighted by Gasteiger charge is 2.04. The van der Waals surface area contributed by atoms with Gasteiger partial charge in [-0.15, -0.1) is 0 Å². The van der Waals surface area contributed by atoms with Crippen molar-refractivity contribution in [2.24, 2.45) is 0 Å². The molecule has 1 aromatic heterocycles. The Hall–Kier alpha value is -2.12. The van der Waals surface area contributed by atoms with Crippen molar-refractivity contribution in [3.05, 3.63) is 58.1 Å². The van der Waals surface area contributed by atoms with E-state index in [1.807, 2.05) is 19.1 Å². The lowest BCUT2D eigenvalue weighted by atomic mass is 10.1. The van der Waals surface area contributed by atoms with Gasteiger partial charge in [-0.05, 0) is 36.8 Å². The van der Waals surface area contributed by atoms with Crippen LogP contribution < -0.4 is 5.32 Å². The lowest BCUT2D eigenvalue weighted by Crippen LogP contribution is -2.02. The molecule has 2 aromatic rings. The number of benzene rings is 1. The number of nitrogens with zero attached hydrogens (tertiary/aromatic N) is 2. The number of halogens is 2. The molecule has 0 unspecified atom stereocenters. The van der Waals surface area contributed by atoms with Crippen LogP contribution in [0.3, 0.4) is 0 Å². The Morgan fingerprint density at radius 1 is 1.37 bits per heavy atom. The highest BCUT2D eigenvalue weighted by atomic mass is 35.5. The van der Waals surface area contributed by atoms with Gasteiger partial charge in [0.15, 0.2) is 0 Å². The van der Waals surface area contributed by atoms with Gasteiger partial charge in [0.25, 0.3) is 0 Å². The van der Waals surface area contributed by atoms with E-state index in [0.29, 0.717) is 11.7 Å². The number of hydrogen-bond donors (Lipinski definition) is 1. The van der Waals surface area contributed by atoms with E-state index in [-0.39, 0.29) is 5.56 Å². The van der Waals surface area contributed by atoms with Crippen LogP contribution in [0, 0.1) is 24.1 Å². The third-order valence-corrected chi connectivity index (χ3v) is 2.90. The van der Waals surface area contributed by atoms with Crippen molar-refractivity contribution in [1.29, 1.82) is 5.26 Å². The maximum atomic E-state index is 13.2. The minimum absolute atomic E-state index is 0.0465. The normalized spacial score (nSPS) is 10.0.